The van der Waals surface area contributed by atoms with Gasteiger partial charge in [0.1, 0.15) is 5.56 Å². The van der Waals surface area contributed by atoms with Crippen molar-refractivity contribution in [3.05, 3.63) is 69.8 Å². The summed E-state index contributed by atoms with van der Waals surface area (Å²) in [5.74, 6) is -1.54. The van der Waals surface area contributed by atoms with Gasteiger partial charge in [-0.1, -0.05) is 12.1 Å². The molecule has 0 N–H and O–H groups in total. The average Bonchev–Trinajstić information content (AvgIpc) is 3.27. The van der Waals surface area contributed by atoms with Crippen LogP contribution in [0.15, 0.2) is 53.4 Å². The molecule has 1 aliphatic rings. The number of Topliss-reactive ketones (excluding diaryl/α,β-unsaturated/α-hetero) is 1. The van der Waals surface area contributed by atoms with Crippen LogP contribution in [-0.2, 0) is 14.8 Å². The van der Waals surface area contributed by atoms with Crippen molar-refractivity contribution in [1.29, 1.82) is 0 Å². The fraction of sp³-hybridized carbons (Fsp3) is 0.263. The Kier molecular flexibility index (Phi) is 6.04. The van der Waals surface area contributed by atoms with Gasteiger partial charge < -0.3 is 4.74 Å². The molecule has 0 unspecified atom stereocenters. The first-order valence-corrected chi connectivity index (χ1v) is 10.3. The molecule has 0 aromatic heterocycles. The van der Waals surface area contributed by atoms with Gasteiger partial charge in [0, 0.05) is 24.7 Å². The summed E-state index contributed by atoms with van der Waals surface area (Å²) in [6.07, 6.45) is 1.64. The molecular formula is C19H18N2O7S. The van der Waals surface area contributed by atoms with Gasteiger partial charge in [-0.15, -0.1) is 0 Å². The lowest BCUT2D eigenvalue weighted by molar-refractivity contribution is -0.385. The van der Waals surface area contributed by atoms with Gasteiger partial charge in [-0.05, 0) is 43.2 Å². The van der Waals surface area contributed by atoms with Crippen molar-refractivity contribution in [2.24, 2.45) is 0 Å². The van der Waals surface area contributed by atoms with Crippen molar-refractivity contribution < 1.29 is 27.7 Å². The summed E-state index contributed by atoms with van der Waals surface area (Å²) in [7, 11) is -3.58. The maximum absolute atomic E-state index is 12.5. The van der Waals surface area contributed by atoms with E-state index in [2.05, 4.69) is 0 Å². The first-order valence-electron chi connectivity index (χ1n) is 8.84. The smallest absolute Gasteiger partial charge is 0.345 e. The molecule has 0 saturated carbocycles. The molecule has 0 amide bonds. The second kappa shape index (κ2) is 8.50. The van der Waals surface area contributed by atoms with Gasteiger partial charge in [0.05, 0.1) is 9.82 Å². The van der Waals surface area contributed by atoms with E-state index in [1.54, 1.807) is 0 Å². The molecule has 0 spiro atoms. The Balaban J connectivity index is 1.66. The van der Waals surface area contributed by atoms with Crippen molar-refractivity contribution >= 4 is 27.5 Å². The Morgan fingerprint density at radius 2 is 1.66 bits per heavy atom. The third-order valence-corrected chi connectivity index (χ3v) is 6.45. The summed E-state index contributed by atoms with van der Waals surface area (Å²) < 4.78 is 31.3. The zero-order valence-corrected chi connectivity index (χ0v) is 16.1. The number of ketones is 1. The van der Waals surface area contributed by atoms with Crippen LogP contribution in [0.4, 0.5) is 5.69 Å². The van der Waals surface area contributed by atoms with E-state index in [1.165, 1.54) is 46.8 Å². The predicted octanol–water partition coefficient (Wildman–Crippen LogP) is 2.42. The first-order chi connectivity index (χ1) is 13.8. The van der Waals surface area contributed by atoms with Gasteiger partial charge in [0.25, 0.3) is 5.69 Å². The van der Waals surface area contributed by atoms with Crippen molar-refractivity contribution in [3.8, 4) is 0 Å². The third-order valence-electron chi connectivity index (χ3n) is 4.53. The van der Waals surface area contributed by atoms with E-state index in [0.717, 1.165) is 18.9 Å². The molecule has 0 aliphatic carbocycles. The van der Waals surface area contributed by atoms with E-state index >= 15 is 0 Å². The van der Waals surface area contributed by atoms with Crippen LogP contribution >= 0.6 is 0 Å². The van der Waals surface area contributed by atoms with Gasteiger partial charge in [-0.2, -0.15) is 4.31 Å². The Labute approximate surface area is 167 Å². The second-order valence-corrected chi connectivity index (χ2v) is 8.35. The minimum absolute atomic E-state index is 0.0906. The number of carbonyl (C=O) groups is 2. The fourth-order valence-electron chi connectivity index (χ4n) is 2.99. The number of rotatable bonds is 7. The number of carbonyl (C=O) groups excluding carboxylic acids is 2. The Hall–Kier alpha value is -3.11. The van der Waals surface area contributed by atoms with E-state index in [0.29, 0.717) is 13.1 Å². The molecule has 1 saturated heterocycles. The molecule has 152 valence electrons. The Morgan fingerprint density at radius 3 is 2.28 bits per heavy atom. The fourth-order valence-corrected chi connectivity index (χ4v) is 4.51. The minimum atomic E-state index is -3.58. The molecule has 1 aliphatic heterocycles. The molecule has 0 bridgehead atoms. The lowest BCUT2D eigenvalue weighted by Gasteiger charge is -2.15. The molecule has 2 aromatic rings. The summed E-state index contributed by atoms with van der Waals surface area (Å²) in [5, 5.41) is 11.0. The van der Waals surface area contributed by atoms with E-state index in [-0.39, 0.29) is 16.0 Å². The van der Waals surface area contributed by atoms with Crippen LogP contribution in [0.3, 0.4) is 0 Å². The lowest BCUT2D eigenvalue weighted by Crippen LogP contribution is -2.27. The number of para-hydroxylation sites is 1. The molecule has 0 radical (unpaired) electrons. The van der Waals surface area contributed by atoms with Crippen LogP contribution in [-0.4, -0.2) is 49.1 Å². The highest BCUT2D eigenvalue weighted by Crippen LogP contribution is 2.22. The number of nitro benzene ring substituents is 1. The molecule has 10 heteroatoms. The van der Waals surface area contributed by atoms with Crippen molar-refractivity contribution in [1.82, 2.24) is 4.31 Å². The number of ether oxygens (including phenoxy) is 1. The summed E-state index contributed by atoms with van der Waals surface area (Å²) in [5.41, 5.74) is -0.500. The zero-order chi connectivity index (χ0) is 21.0. The summed E-state index contributed by atoms with van der Waals surface area (Å²) in [6.45, 7) is 0.332. The van der Waals surface area contributed by atoms with Gasteiger partial charge in [0.2, 0.25) is 10.0 Å². The van der Waals surface area contributed by atoms with Crippen LogP contribution < -0.4 is 0 Å². The quantitative estimate of drug-likeness (QED) is 0.293. The predicted molar refractivity (Wildman–Crippen MR) is 102 cm³/mol. The maximum Gasteiger partial charge on any atom is 0.345 e. The summed E-state index contributed by atoms with van der Waals surface area (Å²) >= 11 is 0. The van der Waals surface area contributed by atoms with Crippen LogP contribution in [0, 0.1) is 10.1 Å². The zero-order valence-electron chi connectivity index (χ0n) is 15.3. The van der Waals surface area contributed by atoms with Crippen LogP contribution in [0.5, 0.6) is 0 Å². The second-order valence-electron chi connectivity index (χ2n) is 6.41. The number of esters is 1. The standard InChI is InChI=1S/C19H18N2O7S/c22-18(13-28-19(23)16-5-1-2-6-17(16)21(24)25)14-7-9-15(10-8-14)29(26,27)20-11-3-4-12-20/h1-2,5-10H,3-4,11-13H2. The van der Waals surface area contributed by atoms with E-state index < -0.39 is 39.0 Å². The van der Waals surface area contributed by atoms with Crippen LogP contribution in [0.2, 0.25) is 0 Å². The molecule has 0 atom stereocenters. The number of benzene rings is 2. The molecule has 2 aromatic carbocycles. The summed E-state index contributed by atoms with van der Waals surface area (Å²) in [4.78, 5) is 34.7. The molecule has 29 heavy (non-hydrogen) atoms. The highest BCUT2D eigenvalue weighted by molar-refractivity contribution is 7.89. The monoisotopic (exact) mass is 418 g/mol. The molecule has 3 rings (SSSR count). The van der Waals surface area contributed by atoms with E-state index in [9.17, 15) is 28.1 Å². The van der Waals surface area contributed by atoms with Crippen molar-refractivity contribution in [2.45, 2.75) is 17.7 Å². The summed E-state index contributed by atoms with van der Waals surface area (Å²) in [6, 6.07) is 10.6. The topological polar surface area (TPSA) is 124 Å². The molecular weight excluding hydrogens is 400 g/mol. The van der Waals surface area contributed by atoms with Crippen LogP contribution in [0.1, 0.15) is 33.6 Å². The Morgan fingerprint density at radius 1 is 1.03 bits per heavy atom. The minimum Gasteiger partial charge on any atom is -0.454 e. The normalized spacial score (nSPS) is 14.5. The lowest BCUT2D eigenvalue weighted by atomic mass is 10.1. The third kappa shape index (κ3) is 4.49. The average molecular weight is 418 g/mol. The van der Waals surface area contributed by atoms with Crippen molar-refractivity contribution in [2.75, 3.05) is 19.7 Å². The SMILES string of the molecule is O=C(COC(=O)c1ccccc1[N+](=O)[O-])c1ccc(S(=O)(=O)N2CCCC2)cc1. The van der Waals surface area contributed by atoms with Gasteiger partial charge in [-0.3, -0.25) is 14.9 Å². The number of sulfonamides is 1. The number of hydrogen-bond donors (Lipinski definition) is 0. The van der Waals surface area contributed by atoms with Gasteiger partial charge in [-0.25, -0.2) is 13.2 Å². The van der Waals surface area contributed by atoms with Crippen LogP contribution in [0.25, 0.3) is 0 Å². The molecule has 9 nitrogen and oxygen atoms in total. The maximum atomic E-state index is 12.5. The largest absolute Gasteiger partial charge is 0.454 e. The highest BCUT2D eigenvalue weighted by atomic mass is 32.2. The Bertz CT molecular complexity index is 1040. The van der Waals surface area contributed by atoms with Gasteiger partial charge in [0.15, 0.2) is 12.4 Å². The molecule has 1 fully saturated rings. The van der Waals surface area contributed by atoms with Gasteiger partial charge >= 0.3 is 5.97 Å². The number of nitrogens with zero attached hydrogens (tertiary/aromatic N) is 2. The number of hydrogen-bond acceptors (Lipinski definition) is 7. The number of nitro groups is 1. The van der Waals surface area contributed by atoms with E-state index in [4.69, 9.17) is 4.74 Å². The highest BCUT2D eigenvalue weighted by Gasteiger charge is 2.27. The molecule has 1 heterocycles. The van der Waals surface area contributed by atoms with Crippen molar-refractivity contribution in [3.63, 3.8) is 0 Å². The first kappa shape index (κ1) is 20.6. The van der Waals surface area contributed by atoms with E-state index in [1.807, 2.05) is 0 Å².